The molecule has 4 aromatic rings. The topological polar surface area (TPSA) is 87.0 Å². The van der Waals surface area contributed by atoms with Gasteiger partial charge in [0.25, 0.3) is 0 Å². The highest BCUT2D eigenvalue weighted by atomic mass is 16.1. The molecule has 1 aliphatic rings. The lowest BCUT2D eigenvalue weighted by molar-refractivity contribution is 0.103. The summed E-state index contributed by atoms with van der Waals surface area (Å²) >= 11 is 0. The molecule has 2 aromatic carbocycles. The minimum Gasteiger partial charge on any atom is -0.398 e. The highest BCUT2D eigenvalue weighted by molar-refractivity contribution is 6.12. The molecule has 0 aliphatic carbocycles. The van der Waals surface area contributed by atoms with E-state index in [0.29, 0.717) is 16.9 Å². The lowest BCUT2D eigenvalue weighted by atomic mass is 9.98. The summed E-state index contributed by atoms with van der Waals surface area (Å²) in [5, 5.41) is 4.44. The Morgan fingerprint density at radius 3 is 2.70 bits per heavy atom. The number of nitrogen functional groups attached to an aromatic ring is 1. The number of ketones is 1. The van der Waals surface area contributed by atoms with Crippen molar-refractivity contribution in [3.63, 3.8) is 0 Å². The highest BCUT2D eigenvalue weighted by Gasteiger charge is 2.18. The fourth-order valence-corrected chi connectivity index (χ4v) is 3.99. The molecule has 0 bridgehead atoms. The molecule has 0 unspecified atom stereocenters. The Morgan fingerprint density at radius 1 is 1.00 bits per heavy atom. The minimum atomic E-state index is -0.161. The molecule has 2 aromatic heterocycles. The zero-order valence-electron chi connectivity index (χ0n) is 16.6. The lowest BCUT2D eigenvalue weighted by Gasteiger charge is -2.28. The van der Waals surface area contributed by atoms with Gasteiger partial charge in [-0.15, -0.1) is 0 Å². The van der Waals surface area contributed by atoms with E-state index in [0.717, 1.165) is 54.0 Å². The monoisotopic (exact) mass is 397 g/mol. The van der Waals surface area contributed by atoms with Crippen molar-refractivity contribution < 1.29 is 4.79 Å². The fourth-order valence-electron chi connectivity index (χ4n) is 3.99. The zero-order valence-corrected chi connectivity index (χ0v) is 16.6. The Bertz CT molecular complexity index is 1220. The first-order valence-electron chi connectivity index (χ1n) is 10.1. The van der Waals surface area contributed by atoms with Crippen LogP contribution in [0, 0.1) is 0 Å². The van der Waals surface area contributed by atoms with Crippen molar-refractivity contribution in [2.75, 3.05) is 36.8 Å². The molecule has 6 heteroatoms. The van der Waals surface area contributed by atoms with Gasteiger partial charge in [-0.1, -0.05) is 30.3 Å². The van der Waals surface area contributed by atoms with E-state index in [2.05, 4.69) is 26.3 Å². The van der Waals surface area contributed by atoms with E-state index < -0.39 is 0 Å². The fraction of sp³-hybridized carbons (Fsp3) is 0.167. The number of aromatic amines is 1. The number of fused-ring (bicyclic) bond motifs is 1. The van der Waals surface area contributed by atoms with Gasteiger partial charge in [0.2, 0.25) is 5.78 Å². The third kappa shape index (κ3) is 3.31. The SMILES string of the molecule is Nc1ccc(-c2c[nH]c3ccccc23)cc1C(=O)c1cccc(N2CCNCC2)n1. The van der Waals surface area contributed by atoms with Crippen LogP contribution in [0.5, 0.6) is 0 Å². The number of benzene rings is 2. The van der Waals surface area contributed by atoms with Crippen LogP contribution in [-0.2, 0) is 0 Å². The van der Waals surface area contributed by atoms with Crippen molar-refractivity contribution in [2.45, 2.75) is 0 Å². The number of anilines is 2. The molecule has 1 saturated heterocycles. The number of H-pyrrole nitrogens is 1. The molecule has 3 heterocycles. The van der Waals surface area contributed by atoms with Gasteiger partial charge in [-0.2, -0.15) is 0 Å². The second-order valence-electron chi connectivity index (χ2n) is 7.50. The maximum atomic E-state index is 13.3. The van der Waals surface area contributed by atoms with Gasteiger partial charge in [0.15, 0.2) is 0 Å². The van der Waals surface area contributed by atoms with E-state index in [4.69, 9.17) is 5.73 Å². The zero-order chi connectivity index (χ0) is 20.5. The first kappa shape index (κ1) is 18.4. The van der Waals surface area contributed by atoms with Crippen LogP contribution in [0.25, 0.3) is 22.0 Å². The summed E-state index contributed by atoms with van der Waals surface area (Å²) in [6.45, 7) is 3.59. The second kappa shape index (κ2) is 7.65. The largest absolute Gasteiger partial charge is 0.398 e. The third-order valence-electron chi connectivity index (χ3n) is 5.61. The molecule has 4 N–H and O–H groups in total. The van der Waals surface area contributed by atoms with Crippen molar-refractivity contribution in [2.24, 2.45) is 0 Å². The molecule has 30 heavy (non-hydrogen) atoms. The van der Waals surface area contributed by atoms with Crippen LogP contribution in [0.4, 0.5) is 11.5 Å². The summed E-state index contributed by atoms with van der Waals surface area (Å²) < 4.78 is 0. The Hall–Kier alpha value is -3.64. The van der Waals surface area contributed by atoms with Crippen LogP contribution < -0.4 is 16.0 Å². The molecule has 0 spiro atoms. The number of pyridine rings is 1. The van der Waals surface area contributed by atoms with Gasteiger partial charge in [0, 0.05) is 60.1 Å². The van der Waals surface area contributed by atoms with E-state index in [1.807, 2.05) is 48.7 Å². The normalized spacial score (nSPS) is 14.2. The molecule has 5 rings (SSSR count). The number of para-hydroxylation sites is 1. The van der Waals surface area contributed by atoms with Gasteiger partial charge >= 0.3 is 0 Å². The Morgan fingerprint density at radius 2 is 1.83 bits per heavy atom. The van der Waals surface area contributed by atoms with Crippen LogP contribution in [0.3, 0.4) is 0 Å². The molecule has 1 fully saturated rings. The van der Waals surface area contributed by atoms with Gasteiger partial charge in [0.1, 0.15) is 11.5 Å². The highest BCUT2D eigenvalue weighted by Crippen LogP contribution is 2.31. The van der Waals surface area contributed by atoms with Gasteiger partial charge in [-0.05, 0) is 35.9 Å². The molecule has 0 amide bonds. The van der Waals surface area contributed by atoms with E-state index in [9.17, 15) is 4.79 Å². The number of hydrogen-bond acceptors (Lipinski definition) is 5. The maximum absolute atomic E-state index is 13.3. The predicted molar refractivity (Wildman–Crippen MR) is 121 cm³/mol. The van der Waals surface area contributed by atoms with Crippen molar-refractivity contribution in [3.8, 4) is 11.1 Å². The number of nitrogens with one attached hydrogen (secondary N) is 2. The Labute approximate surface area is 174 Å². The molecule has 1 aliphatic heterocycles. The number of nitrogens with zero attached hydrogens (tertiary/aromatic N) is 2. The van der Waals surface area contributed by atoms with Gasteiger partial charge < -0.3 is 20.9 Å². The van der Waals surface area contributed by atoms with E-state index in [1.165, 1.54) is 0 Å². The second-order valence-corrected chi connectivity index (χ2v) is 7.50. The third-order valence-corrected chi connectivity index (χ3v) is 5.61. The molecule has 0 atom stereocenters. The van der Waals surface area contributed by atoms with Gasteiger partial charge in [0.05, 0.1) is 0 Å². The van der Waals surface area contributed by atoms with Crippen LogP contribution in [0.1, 0.15) is 16.1 Å². The van der Waals surface area contributed by atoms with Gasteiger partial charge in [-0.25, -0.2) is 4.98 Å². The maximum Gasteiger partial charge on any atom is 0.213 e. The Balaban J connectivity index is 1.51. The Kier molecular flexibility index (Phi) is 4.69. The van der Waals surface area contributed by atoms with E-state index in [-0.39, 0.29) is 5.78 Å². The van der Waals surface area contributed by atoms with Crippen LogP contribution in [-0.4, -0.2) is 41.9 Å². The number of rotatable bonds is 4. The summed E-state index contributed by atoms with van der Waals surface area (Å²) in [6.07, 6.45) is 1.97. The molecule has 0 saturated carbocycles. The number of piperazine rings is 1. The minimum absolute atomic E-state index is 0.161. The summed E-state index contributed by atoms with van der Waals surface area (Å²) in [4.78, 5) is 23.4. The van der Waals surface area contributed by atoms with E-state index >= 15 is 0 Å². The van der Waals surface area contributed by atoms with Crippen molar-refractivity contribution in [1.82, 2.24) is 15.3 Å². The summed E-state index contributed by atoms with van der Waals surface area (Å²) in [6, 6.07) is 19.3. The van der Waals surface area contributed by atoms with Gasteiger partial charge in [-0.3, -0.25) is 4.79 Å². The smallest absolute Gasteiger partial charge is 0.213 e. The van der Waals surface area contributed by atoms with Crippen molar-refractivity contribution >= 4 is 28.2 Å². The van der Waals surface area contributed by atoms with E-state index in [1.54, 1.807) is 12.1 Å². The predicted octanol–water partition coefficient (Wildman–Crippen LogP) is 3.45. The van der Waals surface area contributed by atoms with Crippen molar-refractivity contribution in [3.05, 3.63) is 78.1 Å². The molecule has 150 valence electrons. The summed E-state index contributed by atoms with van der Waals surface area (Å²) in [5.74, 6) is 0.667. The van der Waals surface area contributed by atoms with Crippen molar-refractivity contribution in [1.29, 1.82) is 0 Å². The lowest BCUT2D eigenvalue weighted by Crippen LogP contribution is -2.44. The average Bonchev–Trinajstić information content (AvgIpc) is 3.24. The van der Waals surface area contributed by atoms with Crippen LogP contribution >= 0.6 is 0 Å². The average molecular weight is 397 g/mol. The quantitative estimate of drug-likeness (QED) is 0.363. The number of carbonyl (C=O) groups excluding carboxylic acids is 1. The summed E-state index contributed by atoms with van der Waals surface area (Å²) in [5.41, 5.74) is 10.6. The summed E-state index contributed by atoms with van der Waals surface area (Å²) in [7, 11) is 0. The number of carbonyl (C=O) groups is 1. The number of nitrogens with two attached hydrogens (primary N) is 1. The van der Waals surface area contributed by atoms with Crippen LogP contribution in [0.15, 0.2) is 66.9 Å². The number of hydrogen-bond donors (Lipinski definition) is 3. The first-order chi connectivity index (χ1) is 14.7. The molecular weight excluding hydrogens is 374 g/mol. The van der Waals surface area contributed by atoms with Crippen LogP contribution in [0.2, 0.25) is 0 Å². The standard InChI is InChI=1S/C24H23N5O/c25-20-9-8-16(19-15-27-21-5-2-1-4-17(19)21)14-18(20)24(30)22-6-3-7-23(28-22)29-12-10-26-11-13-29/h1-9,14-15,26-27H,10-13,25H2. The number of aromatic nitrogens is 2. The molecule has 6 nitrogen and oxygen atoms in total. The molecular formula is C24H23N5O. The first-order valence-corrected chi connectivity index (χ1v) is 10.1. The molecule has 0 radical (unpaired) electrons.